The quantitative estimate of drug-likeness (QED) is 0.692. The van der Waals surface area contributed by atoms with Gasteiger partial charge in [-0.3, -0.25) is 0 Å². The van der Waals surface area contributed by atoms with E-state index in [0.717, 1.165) is 22.2 Å². The van der Waals surface area contributed by atoms with Gasteiger partial charge in [-0.2, -0.15) is 0 Å². The van der Waals surface area contributed by atoms with Gasteiger partial charge in [0.05, 0.1) is 6.54 Å². The van der Waals surface area contributed by atoms with E-state index in [0.29, 0.717) is 12.4 Å². The van der Waals surface area contributed by atoms with E-state index >= 15 is 0 Å². The second-order valence-electron chi connectivity index (χ2n) is 3.73. The van der Waals surface area contributed by atoms with Crippen molar-refractivity contribution in [3.05, 3.63) is 42.7 Å². The number of rotatable bonds is 2. The number of aromatic amines is 1. The van der Waals surface area contributed by atoms with E-state index in [1.165, 1.54) is 0 Å². The molecule has 0 aliphatic rings. The first kappa shape index (κ1) is 9.92. The third-order valence-corrected chi connectivity index (χ3v) is 2.62. The Balaban J connectivity index is 2.06. The summed E-state index contributed by atoms with van der Waals surface area (Å²) in [6.07, 6.45) is 7.21. The highest BCUT2D eigenvalue weighted by atomic mass is 14.9. The van der Waals surface area contributed by atoms with Crippen LogP contribution in [0, 0.1) is 0 Å². The number of pyridine rings is 1. The van der Waals surface area contributed by atoms with Gasteiger partial charge in [0, 0.05) is 41.3 Å². The summed E-state index contributed by atoms with van der Waals surface area (Å²) in [6, 6.07) is 4.04. The Labute approximate surface area is 97.7 Å². The summed E-state index contributed by atoms with van der Waals surface area (Å²) in [7, 11) is 0. The summed E-state index contributed by atoms with van der Waals surface area (Å²) in [5.74, 6) is 0.643. The van der Waals surface area contributed by atoms with Crippen molar-refractivity contribution in [3.63, 3.8) is 0 Å². The Bertz CT molecular complexity index is 641. The molecule has 0 unspecified atom stereocenters. The lowest BCUT2D eigenvalue weighted by molar-refractivity contribution is 0.910. The van der Waals surface area contributed by atoms with Crippen LogP contribution < -0.4 is 5.73 Å². The average Bonchev–Trinajstić information content (AvgIpc) is 2.86. The number of H-pyrrole nitrogens is 1. The van der Waals surface area contributed by atoms with E-state index in [9.17, 15) is 0 Å². The minimum Gasteiger partial charge on any atom is -0.346 e. The van der Waals surface area contributed by atoms with Crippen molar-refractivity contribution in [1.29, 1.82) is 0 Å². The first-order chi connectivity index (χ1) is 8.36. The third-order valence-electron chi connectivity index (χ3n) is 2.62. The molecule has 5 nitrogen and oxygen atoms in total. The molecule has 0 saturated carbocycles. The molecular formula is C12H11N5. The van der Waals surface area contributed by atoms with Gasteiger partial charge in [-0.1, -0.05) is 0 Å². The largest absolute Gasteiger partial charge is 0.346 e. The minimum absolute atomic E-state index is 0.357. The molecule has 84 valence electrons. The van der Waals surface area contributed by atoms with Crippen molar-refractivity contribution in [3.8, 4) is 11.1 Å². The van der Waals surface area contributed by atoms with Crippen molar-refractivity contribution in [2.24, 2.45) is 5.73 Å². The van der Waals surface area contributed by atoms with Crippen LogP contribution in [0.5, 0.6) is 0 Å². The van der Waals surface area contributed by atoms with Crippen molar-refractivity contribution < 1.29 is 0 Å². The van der Waals surface area contributed by atoms with Crippen LogP contribution in [0.1, 0.15) is 5.82 Å². The van der Waals surface area contributed by atoms with Crippen LogP contribution in [0.25, 0.3) is 22.2 Å². The van der Waals surface area contributed by atoms with Gasteiger partial charge in [0.15, 0.2) is 0 Å². The summed E-state index contributed by atoms with van der Waals surface area (Å²) in [4.78, 5) is 15.7. The minimum atomic E-state index is 0.357. The topological polar surface area (TPSA) is 80.5 Å². The van der Waals surface area contributed by atoms with Crippen molar-refractivity contribution >= 4 is 11.0 Å². The van der Waals surface area contributed by atoms with Crippen LogP contribution in [0.15, 0.2) is 36.9 Å². The molecule has 3 aromatic rings. The van der Waals surface area contributed by atoms with E-state index in [2.05, 4.69) is 26.0 Å². The fourth-order valence-corrected chi connectivity index (χ4v) is 1.71. The van der Waals surface area contributed by atoms with Gasteiger partial charge in [-0.25, -0.2) is 15.0 Å². The first-order valence-electron chi connectivity index (χ1n) is 5.31. The molecule has 0 bridgehead atoms. The number of hydrogen-bond acceptors (Lipinski definition) is 4. The Hall–Kier alpha value is -2.27. The normalized spacial score (nSPS) is 10.9. The average molecular weight is 225 g/mol. The van der Waals surface area contributed by atoms with Gasteiger partial charge >= 0.3 is 0 Å². The smallest absolute Gasteiger partial charge is 0.141 e. The maximum absolute atomic E-state index is 5.46. The number of aromatic nitrogens is 4. The molecule has 3 heterocycles. The number of fused-ring (bicyclic) bond motifs is 1. The molecule has 5 heteroatoms. The highest BCUT2D eigenvalue weighted by Gasteiger charge is 2.02. The molecular weight excluding hydrogens is 214 g/mol. The van der Waals surface area contributed by atoms with E-state index in [1.807, 2.05) is 12.3 Å². The molecule has 17 heavy (non-hydrogen) atoms. The second-order valence-corrected chi connectivity index (χ2v) is 3.73. The molecule has 0 amide bonds. The van der Waals surface area contributed by atoms with E-state index in [-0.39, 0.29) is 0 Å². The Morgan fingerprint density at radius 3 is 2.59 bits per heavy atom. The maximum Gasteiger partial charge on any atom is 0.141 e. The zero-order valence-corrected chi connectivity index (χ0v) is 9.09. The Morgan fingerprint density at radius 1 is 1.06 bits per heavy atom. The fourth-order valence-electron chi connectivity index (χ4n) is 1.71. The third kappa shape index (κ3) is 1.76. The molecule has 3 aromatic heterocycles. The number of nitrogens with two attached hydrogens (primary N) is 1. The standard InChI is InChI=1S/C12H11N5/c13-4-11-15-6-10(7-16-11)9-3-8-1-2-14-12(8)17-5-9/h1-3,5-7H,4,13H2,(H,14,17). The number of nitrogens with one attached hydrogen (secondary N) is 1. The zero-order chi connectivity index (χ0) is 11.7. The van der Waals surface area contributed by atoms with Gasteiger partial charge in [-0.05, 0) is 12.1 Å². The van der Waals surface area contributed by atoms with Crippen molar-refractivity contribution in [2.45, 2.75) is 6.54 Å². The van der Waals surface area contributed by atoms with Crippen LogP contribution in [0.3, 0.4) is 0 Å². The van der Waals surface area contributed by atoms with E-state index in [1.54, 1.807) is 18.6 Å². The highest BCUT2D eigenvalue weighted by molar-refractivity contribution is 5.80. The summed E-state index contributed by atoms with van der Waals surface area (Å²) in [5, 5.41) is 1.07. The second kappa shape index (κ2) is 3.95. The van der Waals surface area contributed by atoms with Gasteiger partial charge in [0.1, 0.15) is 11.5 Å². The van der Waals surface area contributed by atoms with Gasteiger partial charge in [-0.15, -0.1) is 0 Å². The number of hydrogen-bond donors (Lipinski definition) is 2. The predicted octanol–water partition coefficient (Wildman–Crippen LogP) is 1.48. The van der Waals surface area contributed by atoms with E-state index < -0.39 is 0 Å². The van der Waals surface area contributed by atoms with Crippen LogP contribution in [-0.2, 0) is 6.54 Å². The van der Waals surface area contributed by atoms with Gasteiger partial charge in [0.2, 0.25) is 0 Å². The van der Waals surface area contributed by atoms with Crippen LogP contribution in [0.2, 0.25) is 0 Å². The molecule has 0 spiro atoms. The molecule has 0 radical (unpaired) electrons. The molecule has 0 atom stereocenters. The van der Waals surface area contributed by atoms with Crippen LogP contribution in [0.4, 0.5) is 0 Å². The predicted molar refractivity (Wildman–Crippen MR) is 65.0 cm³/mol. The summed E-state index contributed by atoms with van der Waals surface area (Å²) < 4.78 is 0. The van der Waals surface area contributed by atoms with Crippen molar-refractivity contribution in [1.82, 2.24) is 19.9 Å². The molecule has 3 N–H and O–H groups in total. The maximum atomic E-state index is 5.46. The zero-order valence-electron chi connectivity index (χ0n) is 9.09. The van der Waals surface area contributed by atoms with Crippen LogP contribution >= 0.6 is 0 Å². The van der Waals surface area contributed by atoms with E-state index in [4.69, 9.17) is 5.73 Å². The summed E-state index contributed by atoms with van der Waals surface area (Å²) in [5.41, 5.74) is 8.28. The fraction of sp³-hybridized carbons (Fsp3) is 0.0833. The van der Waals surface area contributed by atoms with Crippen molar-refractivity contribution in [2.75, 3.05) is 0 Å². The Kier molecular flexibility index (Phi) is 2.31. The first-order valence-corrected chi connectivity index (χ1v) is 5.31. The molecule has 0 saturated heterocycles. The molecule has 0 aliphatic heterocycles. The SMILES string of the molecule is NCc1ncc(-c2cnc3[nH]ccc3c2)cn1. The van der Waals surface area contributed by atoms with Gasteiger partial charge in [0.25, 0.3) is 0 Å². The van der Waals surface area contributed by atoms with Crippen LogP contribution in [-0.4, -0.2) is 19.9 Å². The number of nitrogens with zero attached hydrogens (tertiary/aromatic N) is 3. The molecule has 0 aromatic carbocycles. The molecule has 0 fully saturated rings. The monoisotopic (exact) mass is 225 g/mol. The molecule has 3 rings (SSSR count). The summed E-state index contributed by atoms with van der Waals surface area (Å²) in [6.45, 7) is 0.357. The lowest BCUT2D eigenvalue weighted by Crippen LogP contribution is -2.02. The highest BCUT2D eigenvalue weighted by Crippen LogP contribution is 2.20. The molecule has 0 aliphatic carbocycles. The lowest BCUT2D eigenvalue weighted by atomic mass is 10.1. The lowest BCUT2D eigenvalue weighted by Gasteiger charge is -2.01. The Morgan fingerprint density at radius 2 is 1.82 bits per heavy atom. The summed E-state index contributed by atoms with van der Waals surface area (Å²) >= 11 is 0. The van der Waals surface area contributed by atoms with Gasteiger partial charge < -0.3 is 10.7 Å².